The van der Waals surface area contributed by atoms with E-state index in [0.717, 1.165) is 41.7 Å². The van der Waals surface area contributed by atoms with Crippen LogP contribution < -0.4 is 15.2 Å². The second-order valence-corrected chi connectivity index (χ2v) is 6.35. The highest BCUT2D eigenvalue weighted by Gasteiger charge is 2.26. The fourth-order valence-electron chi connectivity index (χ4n) is 3.27. The van der Waals surface area contributed by atoms with Crippen molar-refractivity contribution in [1.29, 1.82) is 0 Å². The predicted molar refractivity (Wildman–Crippen MR) is 82.2 cm³/mol. The van der Waals surface area contributed by atoms with Crippen molar-refractivity contribution >= 4 is 0 Å². The maximum Gasteiger partial charge on any atom is 0.128 e. The highest BCUT2D eigenvalue weighted by Crippen LogP contribution is 2.35. The molecule has 2 unspecified atom stereocenters. The van der Waals surface area contributed by atoms with Crippen LogP contribution in [0.2, 0.25) is 0 Å². The first-order valence-electron chi connectivity index (χ1n) is 7.59. The van der Waals surface area contributed by atoms with Crippen molar-refractivity contribution in [3.8, 4) is 11.5 Å². The Morgan fingerprint density at radius 3 is 2.35 bits per heavy atom. The molecule has 2 rings (SSSR count). The van der Waals surface area contributed by atoms with Gasteiger partial charge in [0.2, 0.25) is 0 Å². The summed E-state index contributed by atoms with van der Waals surface area (Å²) >= 11 is 0. The lowest BCUT2D eigenvalue weighted by molar-refractivity contribution is 0.0995. The number of benzene rings is 1. The second-order valence-electron chi connectivity index (χ2n) is 6.35. The normalized spacial score (nSPS) is 27.9. The Morgan fingerprint density at radius 1 is 1.15 bits per heavy atom. The first-order valence-corrected chi connectivity index (χ1v) is 7.59. The minimum atomic E-state index is -0.0330. The van der Waals surface area contributed by atoms with E-state index in [4.69, 9.17) is 15.2 Å². The molecule has 0 saturated heterocycles. The van der Waals surface area contributed by atoms with Gasteiger partial charge in [-0.05, 0) is 44.1 Å². The Balaban J connectivity index is 2.18. The van der Waals surface area contributed by atoms with Crippen molar-refractivity contribution in [3.05, 3.63) is 23.8 Å². The Bertz CT molecular complexity index is 435. The van der Waals surface area contributed by atoms with Gasteiger partial charge in [-0.15, -0.1) is 0 Å². The topological polar surface area (TPSA) is 44.5 Å². The first-order chi connectivity index (χ1) is 9.49. The van der Waals surface area contributed by atoms with Crippen LogP contribution in [0.15, 0.2) is 18.2 Å². The molecule has 112 valence electrons. The Morgan fingerprint density at radius 2 is 1.80 bits per heavy atom. The summed E-state index contributed by atoms with van der Waals surface area (Å²) in [5.41, 5.74) is 7.10. The van der Waals surface area contributed by atoms with E-state index in [1.807, 2.05) is 25.1 Å². The van der Waals surface area contributed by atoms with Crippen molar-refractivity contribution in [3.63, 3.8) is 0 Å². The first kappa shape index (κ1) is 15.2. The Labute approximate surface area is 122 Å². The number of hydrogen-bond donors (Lipinski definition) is 1. The standard InChI is InChI=1S/C17H27NO2/c1-11-7-12(2)9-15(8-11)20-17-10-14(19-4)5-6-16(17)13(3)18/h5-6,10-13,15H,7-9,18H2,1-4H3/t11?,12?,13-,15?/m0/s1. The van der Waals surface area contributed by atoms with Gasteiger partial charge in [0.25, 0.3) is 0 Å². The van der Waals surface area contributed by atoms with Crippen molar-refractivity contribution in [2.45, 2.75) is 52.2 Å². The van der Waals surface area contributed by atoms with Crippen molar-refractivity contribution < 1.29 is 9.47 Å². The molecule has 1 aliphatic rings. The minimum absolute atomic E-state index is 0.0330. The van der Waals surface area contributed by atoms with Gasteiger partial charge >= 0.3 is 0 Å². The molecule has 0 amide bonds. The van der Waals surface area contributed by atoms with Gasteiger partial charge in [0.15, 0.2) is 0 Å². The average molecular weight is 277 g/mol. The molecule has 3 atom stereocenters. The largest absolute Gasteiger partial charge is 0.497 e. The lowest BCUT2D eigenvalue weighted by Gasteiger charge is -2.32. The van der Waals surface area contributed by atoms with Crippen LogP contribution in [0, 0.1) is 11.8 Å². The highest BCUT2D eigenvalue weighted by atomic mass is 16.5. The van der Waals surface area contributed by atoms with Gasteiger partial charge in [-0.2, -0.15) is 0 Å². The lowest BCUT2D eigenvalue weighted by Crippen LogP contribution is -2.29. The van der Waals surface area contributed by atoms with E-state index in [9.17, 15) is 0 Å². The van der Waals surface area contributed by atoms with E-state index in [1.54, 1.807) is 7.11 Å². The molecule has 0 aromatic heterocycles. The van der Waals surface area contributed by atoms with Crippen LogP contribution in [0.25, 0.3) is 0 Å². The molecule has 0 bridgehead atoms. The lowest BCUT2D eigenvalue weighted by atomic mass is 9.82. The summed E-state index contributed by atoms with van der Waals surface area (Å²) < 4.78 is 11.6. The smallest absolute Gasteiger partial charge is 0.128 e. The third-order valence-electron chi connectivity index (χ3n) is 4.14. The zero-order chi connectivity index (χ0) is 14.7. The highest BCUT2D eigenvalue weighted by molar-refractivity contribution is 5.42. The van der Waals surface area contributed by atoms with E-state index >= 15 is 0 Å². The molecule has 1 saturated carbocycles. The van der Waals surface area contributed by atoms with Crippen LogP contribution in [0.4, 0.5) is 0 Å². The predicted octanol–water partition coefficient (Wildman–Crippen LogP) is 3.92. The molecule has 1 aliphatic carbocycles. The number of rotatable bonds is 4. The minimum Gasteiger partial charge on any atom is -0.497 e. The van der Waals surface area contributed by atoms with Crippen LogP contribution in [-0.4, -0.2) is 13.2 Å². The molecule has 20 heavy (non-hydrogen) atoms. The maximum atomic E-state index is 6.27. The number of methoxy groups -OCH3 is 1. The summed E-state index contributed by atoms with van der Waals surface area (Å²) in [5, 5.41) is 0. The van der Waals surface area contributed by atoms with Crippen molar-refractivity contribution in [2.24, 2.45) is 17.6 Å². The Kier molecular flexibility index (Phi) is 4.92. The van der Waals surface area contributed by atoms with E-state index in [1.165, 1.54) is 6.42 Å². The van der Waals surface area contributed by atoms with Gasteiger partial charge < -0.3 is 15.2 Å². The van der Waals surface area contributed by atoms with Crippen LogP contribution in [0.3, 0.4) is 0 Å². The maximum absolute atomic E-state index is 6.27. The molecule has 3 heteroatoms. The quantitative estimate of drug-likeness (QED) is 0.907. The van der Waals surface area contributed by atoms with E-state index < -0.39 is 0 Å². The summed E-state index contributed by atoms with van der Waals surface area (Å²) in [6, 6.07) is 5.88. The number of hydrogen-bond acceptors (Lipinski definition) is 3. The molecule has 3 nitrogen and oxygen atoms in total. The molecule has 0 heterocycles. The fourth-order valence-corrected chi connectivity index (χ4v) is 3.27. The molecule has 1 aromatic rings. The van der Waals surface area contributed by atoms with Crippen LogP contribution >= 0.6 is 0 Å². The van der Waals surface area contributed by atoms with Gasteiger partial charge in [-0.25, -0.2) is 0 Å². The summed E-state index contributed by atoms with van der Waals surface area (Å²) in [6.07, 6.45) is 3.84. The van der Waals surface area contributed by atoms with E-state index in [2.05, 4.69) is 13.8 Å². The Hall–Kier alpha value is -1.22. The monoisotopic (exact) mass is 277 g/mol. The van der Waals surface area contributed by atoms with Gasteiger partial charge in [0.1, 0.15) is 11.5 Å². The zero-order valence-corrected chi connectivity index (χ0v) is 13.1. The van der Waals surface area contributed by atoms with Gasteiger partial charge in [-0.3, -0.25) is 0 Å². The van der Waals surface area contributed by atoms with Gasteiger partial charge in [0.05, 0.1) is 13.2 Å². The van der Waals surface area contributed by atoms with E-state index in [-0.39, 0.29) is 6.04 Å². The molecular formula is C17H27NO2. The average Bonchev–Trinajstić information content (AvgIpc) is 2.37. The number of nitrogens with two attached hydrogens (primary N) is 1. The van der Waals surface area contributed by atoms with Crippen LogP contribution in [-0.2, 0) is 0 Å². The van der Waals surface area contributed by atoms with Crippen LogP contribution in [0.1, 0.15) is 51.6 Å². The molecule has 1 fully saturated rings. The second kappa shape index (κ2) is 6.49. The van der Waals surface area contributed by atoms with Gasteiger partial charge in [-0.1, -0.05) is 19.9 Å². The summed E-state index contributed by atoms with van der Waals surface area (Å²) in [6.45, 7) is 6.61. The third kappa shape index (κ3) is 3.66. The fraction of sp³-hybridized carbons (Fsp3) is 0.647. The van der Waals surface area contributed by atoms with E-state index in [0.29, 0.717) is 6.10 Å². The van der Waals surface area contributed by atoms with Crippen molar-refractivity contribution in [1.82, 2.24) is 0 Å². The summed E-state index contributed by atoms with van der Waals surface area (Å²) in [4.78, 5) is 0. The molecule has 0 spiro atoms. The van der Waals surface area contributed by atoms with Gasteiger partial charge in [0, 0.05) is 17.7 Å². The molecule has 1 aromatic carbocycles. The number of ether oxygens (including phenoxy) is 2. The molecule has 0 radical (unpaired) electrons. The third-order valence-corrected chi connectivity index (χ3v) is 4.14. The molecule has 2 N–H and O–H groups in total. The molecule has 0 aliphatic heterocycles. The van der Waals surface area contributed by atoms with Crippen molar-refractivity contribution in [2.75, 3.05) is 7.11 Å². The summed E-state index contributed by atoms with van der Waals surface area (Å²) in [5.74, 6) is 3.16. The summed E-state index contributed by atoms with van der Waals surface area (Å²) in [7, 11) is 1.68. The zero-order valence-electron chi connectivity index (χ0n) is 13.1. The SMILES string of the molecule is COc1ccc([C@H](C)N)c(OC2CC(C)CC(C)C2)c1. The van der Waals surface area contributed by atoms with Crippen LogP contribution in [0.5, 0.6) is 11.5 Å². The molecular weight excluding hydrogens is 250 g/mol.